The molecule has 2 aliphatic heterocycles. The van der Waals surface area contributed by atoms with Gasteiger partial charge in [0.2, 0.25) is 0 Å². The van der Waals surface area contributed by atoms with E-state index in [-0.39, 0.29) is 6.61 Å². The number of nitrogens with zero attached hydrogens (tertiary/aromatic N) is 2. The van der Waals surface area contributed by atoms with Gasteiger partial charge in [-0.25, -0.2) is 0 Å². The fourth-order valence-corrected chi connectivity index (χ4v) is 3.35. The molecule has 0 aromatic heterocycles. The maximum Gasteiger partial charge on any atom is 0.174 e. The van der Waals surface area contributed by atoms with E-state index in [0.717, 1.165) is 17.5 Å². The fraction of sp³-hybridized carbons (Fsp3) is 0.562. The lowest BCUT2D eigenvalue weighted by Crippen LogP contribution is -2.42. The molecule has 2 aliphatic rings. The van der Waals surface area contributed by atoms with Crippen LogP contribution in [0.4, 0.5) is 5.69 Å². The molecule has 2 atom stereocenters. The first-order valence-corrected chi connectivity index (χ1v) is 7.45. The number of nitriles is 1. The van der Waals surface area contributed by atoms with Crippen LogP contribution >= 0.6 is 0 Å². The molecular formula is C16H21N3O. The lowest BCUT2D eigenvalue weighted by atomic mass is 9.97. The number of hydrogen-bond acceptors (Lipinski definition) is 4. The van der Waals surface area contributed by atoms with Crippen molar-refractivity contribution >= 4 is 5.69 Å². The van der Waals surface area contributed by atoms with Crippen LogP contribution in [0.15, 0.2) is 24.3 Å². The first-order valence-electron chi connectivity index (χ1n) is 7.45. The summed E-state index contributed by atoms with van der Waals surface area (Å²) in [4.78, 5) is 2.64. The van der Waals surface area contributed by atoms with Crippen LogP contribution in [-0.2, 0) is 0 Å². The topological polar surface area (TPSA) is 48.3 Å². The van der Waals surface area contributed by atoms with Gasteiger partial charge in [-0.15, -0.1) is 0 Å². The summed E-state index contributed by atoms with van der Waals surface area (Å²) in [7, 11) is 0. The van der Waals surface area contributed by atoms with Crippen LogP contribution in [0.5, 0.6) is 5.75 Å². The van der Waals surface area contributed by atoms with Crippen molar-refractivity contribution in [3.63, 3.8) is 0 Å². The van der Waals surface area contributed by atoms with Crippen molar-refractivity contribution in [1.82, 2.24) is 4.90 Å². The third-order valence-electron chi connectivity index (χ3n) is 4.35. The van der Waals surface area contributed by atoms with Crippen LogP contribution < -0.4 is 10.1 Å². The molecule has 0 aliphatic carbocycles. The summed E-state index contributed by atoms with van der Waals surface area (Å²) >= 11 is 0. The molecule has 1 N–H and O–H groups in total. The SMILES string of the molecule is N#CCOc1ccc(NC2CCN3CCCC3C2)cc1. The van der Waals surface area contributed by atoms with Crippen LogP contribution in [0.1, 0.15) is 25.7 Å². The van der Waals surface area contributed by atoms with Crippen molar-refractivity contribution in [3.05, 3.63) is 24.3 Å². The van der Waals surface area contributed by atoms with Crippen molar-refractivity contribution in [3.8, 4) is 11.8 Å². The van der Waals surface area contributed by atoms with Gasteiger partial charge in [-0.05, 0) is 56.5 Å². The predicted molar refractivity (Wildman–Crippen MR) is 78.8 cm³/mol. The van der Waals surface area contributed by atoms with Crippen LogP contribution in [0.25, 0.3) is 0 Å². The highest BCUT2D eigenvalue weighted by atomic mass is 16.5. The molecule has 4 heteroatoms. The number of hydrogen-bond donors (Lipinski definition) is 1. The Hall–Kier alpha value is -1.73. The van der Waals surface area contributed by atoms with Crippen LogP contribution in [-0.4, -0.2) is 36.7 Å². The summed E-state index contributed by atoms with van der Waals surface area (Å²) in [5.41, 5.74) is 1.14. The Morgan fingerprint density at radius 3 is 2.90 bits per heavy atom. The molecule has 0 radical (unpaired) electrons. The van der Waals surface area contributed by atoms with E-state index in [1.807, 2.05) is 30.3 Å². The number of fused-ring (bicyclic) bond motifs is 1. The van der Waals surface area contributed by atoms with Crippen LogP contribution in [0.2, 0.25) is 0 Å². The molecule has 3 rings (SSSR count). The van der Waals surface area contributed by atoms with Crippen molar-refractivity contribution in [2.24, 2.45) is 0 Å². The number of anilines is 1. The fourth-order valence-electron chi connectivity index (χ4n) is 3.35. The molecule has 4 nitrogen and oxygen atoms in total. The summed E-state index contributed by atoms with van der Waals surface area (Å²) < 4.78 is 5.26. The number of benzene rings is 1. The lowest BCUT2D eigenvalue weighted by molar-refractivity contribution is 0.188. The van der Waals surface area contributed by atoms with Gasteiger partial charge in [0.25, 0.3) is 0 Å². The van der Waals surface area contributed by atoms with Gasteiger partial charge >= 0.3 is 0 Å². The largest absolute Gasteiger partial charge is 0.479 e. The summed E-state index contributed by atoms with van der Waals surface area (Å²) in [6.45, 7) is 2.63. The summed E-state index contributed by atoms with van der Waals surface area (Å²) in [5.74, 6) is 0.753. The summed E-state index contributed by atoms with van der Waals surface area (Å²) in [5, 5.41) is 12.1. The van der Waals surface area contributed by atoms with Gasteiger partial charge in [0.1, 0.15) is 11.8 Å². The molecule has 2 unspecified atom stereocenters. The smallest absolute Gasteiger partial charge is 0.174 e. The Kier molecular flexibility index (Phi) is 4.08. The standard InChI is InChI=1S/C16H21N3O/c17-8-11-20-16-5-3-13(4-6-16)18-14-7-10-19-9-1-2-15(19)12-14/h3-6,14-15,18H,1-2,7,9-12H2. The molecule has 0 bridgehead atoms. The van der Waals surface area contributed by atoms with Crippen molar-refractivity contribution in [2.75, 3.05) is 25.0 Å². The second-order valence-electron chi connectivity index (χ2n) is 5.67. The van der Waals surface area contributed by atoms with Gasteiger partial charge in [-0.3, -0.25) is 0 Å². The summed E-state index contributed by atoms with van der Waals surface area (Å²) in [6.07, 6.45) is 5.21. The first kappa shape index (κ1) is 13.3. The van der Waals surface area contributed by atoms with E-state index in [2.05, 4.69) is 10.2 Å². The Morgan fingerprint density at radius 1 is 1.25 bits per heavy atom. The quantitative estimate of drug-likeness (QED) is 0.914. The third kappa shape index (κ3) is 3.05. The number of ether oxygens (including phenoxy) is 1. The molecule has 1 aromatic carbocycles. The maximum atomic E-state index is 8.48. The average molecular weight is 271 g/mol. The number of rotatable bonds is 4. The Balaban J connectivity index is 1.54. The number of nitrogens with one attached hydrogen (secondary N) is 1. The molecule has 0 amide bonds. The average Bonchev–Trinajstić information content (AvgIpc) is 2.94. The van der Waals surface area contributed by atoms with E-state index >= 15 is 0 Å². The zero-order chi connectivity index (χ0) is 13.8. The highest BCUT2D eigenvalue weighted by Crippen LogP contribution is 2.28. The van der Waals surface area contributed by atoms with Gasteiger partial charge < -0.3 is 15.0 Å². The van der Waals surface area contributed by atoms with E-state index in [0.29, 0.717) is 6.04 Å². The van der Waals surface area contributed by atoms with Crippen LogP contribution in [0, 0.1) is 11.3 Å². The Bertz CT molecular complexity index is 479. The minimum absolute atomic E-state index is 0.104. The molecule has 2 heterocycles. The Labute approximate surface area is 120 Å². The third-order valence-corrected chi connectivity index (χ3v) is 4.35. The zero-order valence-electron chi connectivity index (χ0n) is 11.7. The van der Waals surface area contributed by atoms with E-state index in [1.54, 1.807) is 0 Å². The van der Waals surface area contributed by atoms with Crippen molar-refractivity contribution in [2.45, 2.75) is 37.8 Å². The predicted octanol–water partition coefficient (Wildman–Crippen LogP) is 2.63. The molecule has 2 saturated heterocycles. The first-order chi connectivity index (χ1) is 9.85. The van der Waals surface area contributed by atoms with Gasteiger partial charge in [-0.2, -0.15) is 5.26 Å². The molecular weight excluding hydrogens is 250 g/mol. The molecule has 0 saturated carbocycles. The molecule has 0 spiro atoms. The van der Waals surface area contributed by atoms with E-state index in [1.165, 1.54) is 38.8 Å². The monoisotopic (exact) mass is 271 g/mol. The van der Waals surface area contributed by atoms with Gasteiger partial charge in [0.05, 0.1) is 0 Å². The van der Waals surface area contributed by atoms with Crippen molar-refractivity contribution < 1.29 is 4.74 Å². The van der Waals surface area contributed by atoms with E-state index in [4.69, 9.17) is 10.00 Å². The normalized spacial score (nSPS) is 25.8. The van der Waals surface area contributed by atoms with Crippen LogP contribution in [0.3, 0.4) is 0 Å². The maximum absolute atomic E-state index is 8.48. The summed E-state index contributed by atoms with van der Waals surface area (Å²) in [6, 6.07) is 11.3. The Morgan fingerprint density at radius 2 is 2.10 bits per heavy atom. The van der Waals surface area contributed by atoms with E-state index < -0.39 is 0 Å². The molecule has 106 valence electrons. The van der Waals surface area contributed by atoms with E-state index in [9.17, 15) is 0 Å². The zero-order valence-corrected chi connectivity index (χ0v) is 11.7. The van der Waals surface area contributed by atoms with Gasteiger partial charge in [-0.1, -0.05) is 0 Å². The van der Waals surface area contributed by atoms with Gasteiger partial charge in [0.15, 0.2) is 6.61 Å². The molecule has 1 aromatic rings. The minimum Gasteiger partial charge on any atom is -0.479 e. The highest BCUT2D eigenvalue weighted by molar-refractivity contribution is 5.47. The van der Waals surface area contributed by atoms with Crippen molar-refractivity contribution in [1.29, 1.82) is 5.26 Å². The van der Waals surface area contributed by atoms with Gasteiger partial charge in [0, 0.05) is 24.3 Å². The highest BCUT2D eigenvalue weighted by Gasteiger charge is 2.31. The molecule has 20 heavy (non-hydrogen) atoms. The lowest BCUT2D eigenvalue weighted by Gasteiger charge is -2.35. The second-order valence-corrected chi connectivity index (χ2v) is 5.67. The molecule has 2 fully saturated rings. The minimum atomic E-state index is 0.104. The number of piperidine rings is 1. The second kappa shape index (κ2) is 6.15.